The van der Waals surface area contributed by atoms with Crippen molar-refractivity contribution in [3.8, 4) is 18.2 Å². The molecule has 168 valence electrons. The van der Waals surface area contributed by atoms with Crippen LogP contribution in [0.15, 0.2) is 91.4 Å². The van der Waals surface area contributed by atoms with Gasteiger partial charge in [0.05, 0.1) is 33.8 Å². The molecular formula is C30H18N6. The van der Waals surface area contributed by atoms with E-state index in [4.69, 9.17) is 0 Å². The summed E-state index contributed by atoms with van der Waals surface area (Å²) in [4.78, 5) is 12.8. The van der Waals surface area contributed by atoms with Crippen molar-refractivity contribution in [2.45, 2.75) is 0 Å². The van der Waals surface area contributed by atoms with Crippen LogP contribution in [0.5, 0.6) is 0 Å². The lowest BCUT2D eigenvalue weighted by atomic mass is 9.99. The van der Waals surface area contributed by atoms with Crippen LogP contribution in [0.4, 0.5) is 0 Å². The zero-order chi connectivity index (χ0) is 25.2. The number of allylic oxidation sites excluding steroid dienone is 3. The van der Waals surface area contributed by atoms with E-state index >= 15 is 0 Å². The van der Waals surface area contributed by atoms with E-state index in [1.165, 1.54) is 0 Å². The number of nitrogens with zero attached hydrogens (tertiary/aromatic N) is 6. The monoisotopic (exact) mass is 462 g/mol. The van der Waals surface area contributed by atoms with Crippen molar-refractivity contribution < 1.29 is 0 Å². The number of hydrogen-bond donors (Lipinski definition) is 0. The Morgan fingerprint density at radius 2 is 0.806 bits per heavy atom. The van der Waals surface area contributed by atoms with Gasteiger partial charge in [0.25, 0.3) is 0 Å². The van der Waals surface area contributed by atoms with Gasteiger partial charge in [-0.25, -0.2) is 0 Å². The highest BCUT2D eigenvalue weighted by atomic mass is 14.7. The number of hydrogen-bond acceptors (Lipinski definition) is 6. The first-order chi connectivity index (χ1) is 17.7. The molecule has 0 spiro atoms. The fourth-order valence-electron chi connectivity index (χ4n) is 3.51. The largest absolute Gasteiger partial charge is 0.256 e. The van der Waals surface area contributed by atoms with Gasteiger partial charge in [0.1, 0.15) is 18.2 Å². The number of rotatable bonds is 6. The van der Waals surface area contributed by atoms with Crippen molar-refractivity contribution in [2.24, 2.45) is 0 Å². The first-order valence-corrected chi connectivity index (χ1v) is 10.9. The molecule has 0 amide bonds. The molecule has 0 unspecified atom stereocenters. The smallest absolute Gasteiger partial charge is 0.101 e. The molecule has 0 N–H and O–H groups in total. The molecule has 0 atom stereocenters. The maximum Gasteiger partial charge on any atom is 0.101 e. The van der Waals surface area contributed by atoms with Gasteiger partial charge in [-0.15, -0.1) is 0 Å². The molecular weight excluding hydrogens is 444 g/mol. The van der Waals surface area contributed by atoms with E-state index in [0.29, 0.717) is 50.5 Å². The zero-order valence-corrected chi connectivity index (χ0v) is 19.1. The number of aromatic nitrogens is 3. The van der Waals surface area contributed by atoms with E-state index in [0.717, 1.165) is 0 Å². The van der Waals surface area contributed by atoms with Gasteiger partial charge in [-0.05, 0) is 89.5 Å². The van der Waals surface area contributed by atoms with Gasteiger partial charge in [0.15, 0.2) is 0 Å². The Labute approximate surface area is 209 Å². The van der Waals surface area contributed by atoms with Gasteiger partial charge < -0.3 is 0 Å². The Hall–Kier alpha value is -5.64. The average Bonchev–Trinajstić information content (AvgIpc) is 2.94. The Morgan fingerprint density at radius 1 is 0.500 bits per heavy atom. The molecule has 0 radical (unpaired) electrons. The first kappa shape index (κ1) is 23.5. The Balaban J connectivity index is 1.87. The van der Waals surface area contributed by atoms with Gasteiger partial charge in [0.2, 0.25) is 0 Å². The van der Waals surface area contributed by atoms with Crippen molar-refractivity contribution >= 4 is 34.9 Å². The van der Waals surface area contributed by atoms with Gasteiger partial charge in [-0.1, -0.05) is 18.2 Å². The van der Waals surface area contributed by atoms with E-state index in [2.05, 4.69) is 33.2 Å². The predicted octanol–water partition coefficient (Wildman–Crippen LogP) is 6.06. The van der Waals surface area contributed by atoms with Crippen LogP contribution >= 0.6 is 0 Å². The van der Waals surface area contributed by atoms with E-state index < -0.39 is 0 Å². The van der Waals surface area contributed by atoms with Crippen LogP contribution in [0.1, 0.15) is 33.8 Å². The fraction of sp³-hybridized carbons (Fsp3) is 0. The molecule has 0 aliphatic carbocycles. The Kier molecular flexibility index (Phi) is 7.50. The SMILES string of the molecule is N#C/C(=C\c1cc(/C=C(\C#N)c2ccccn2)cc(/C=C(\C#N)c2ccccn2)c1)c1ccccn1. The van der Waals surface area contributed by atoms with Crippen molar-refractivity contribution in [2.75, 3.05) is 0 Å². The van der Waals surface area contributed by atoms with Crippen LogP contribution in [0.3, 0.4) is 0 Å². The lowest BCUT2D eigenvalue weighted by molar-refractivity contribution is 1.28. The molecule has 3 aromatic heterocycles. The molecule has 4 rings (SSSR count). The lowest BCUT2D eigenvalue weighted by Crippen LogP contribution is -1.90. The summed E-state index contributed by atoms with van der Waals surface area (Å²) < 4.78 is 0. The standard InChI is InChI=1S/C30H18N6/c31-19-25(28-7-1-4-10-34-28)16-22-13-23(17-26(20-32)29-8-2-5-11-35-29)15-24(14-22)18-27(21-33)30-9-3-6-12-36-30/h1-18H/b25-16+,26-17+,27-18+. The molecule has 0 aliphatic rings. The fourth-order valence-corrected chi connectivity index (χ4v) is 3.51. The third-order valence-corrected chi connectivity index (χ3v) is 5.12. The second-order valence-corrected chi connectivity index (χ2v) is 7.59. The lowest BCUT2D eigenvalue weighted by Gasteiger charge is -2.06. The van der Waals surface area contributed by atoms with E-state index in [1.807, 2.05) is 36.4 Å². The summed E-state index contributed by atoms with van der Waals surface area (Å²) in [5, 5.41) is 29.3. The highest BCUT2D eigenvalue weighted by Crippen LogP contribution is 2.24. The molecule has 6 heteroatoms. The molecule has 6 nitrogen and oxygen atoms in total. The maximum atomic E-state index is 9.76. The van der Waals surface area contributed by atoms with Crippen molar-refractivity contribution in [1.29, 1.82) is 15.8 Å². The molecule has 0 aliphatic heterocycles. The molecule has 36 heavy (non-hydrogen) atoms. The minimum absolute atomic E-state index is 0.391. The third kappa shape index (κ3) is 5.83. The Morgan fingerprint density at radius 3 is 1.03 bits per heavy atom. The predicted molar refractivity (Wildman–Crippen MR) is 140 cm³/mol. The normalized spacial score (nSPS) is 11.8. The second kappa shape index (κ2) is 11.5. The third-order valence-electron chi connectivity index (χ3n) is 5.12. The summed E-state index contributed by atoms with van der Waals surface area (Å²) in [5.74, 6) is 0. The summed E-state index contributed by atoms with van der Waals surface area (Å²) >= 11 is 0. The summed E-state index contributed by atoms with van der Waals surface area (Å²) in [6.45, 7) is 0. The quantitative estimate of drug-likeness (QED) is 0.322. The van der Waals surface area contributed by atoms with Crippen LogP contribution < -0.4 is 0 Å². The van der Waals surface area contributed by atoms with E-state index in [-0.39, 0.29) is 0 Å². The minimum atomic E-state index is 0.391. The van der Waals surface area contributed by atoms with Crippen LogP contribution in [0.25, 0.3) is 34.9 Å². The summed E-state index contributed by atoms with van der Waals surface area (Å²) in [6, 6.07) is 28.3. The summed E-state index contributed by atoms with van der Waals surface area (Å²) in [6.07, 6.45) is 10.1. The van der Waals surface area contributed by atoms with E-state index in [1.54, 1.807) is 73.2 Å². The topological polar surface area (TPSA) is 110 Å². The van der Waals surface area contributed by atoms with Crippen LogP contribution in [0.2, 0.25) is 0 Å². The van der Waals surface area contributed by atoms with Crippen LogP contribution in [0, 0.1) is 34.0 Å². The van der Waals surface area contributed by atoms with Crippen LogP contribution in [-0.2, 0) is 0 Å². The first-order valence-electron chi connectivity index (χ1n) is 10.9. The zero-order valence-electron chi connectivity index (χ0n) is 19.1. The molecule has 4 aromatic rings. The van der Waals surface area contributed by atoms with Gasteiger partial charge in [-0.2, -0.15) is 15.8 Å². The maximum absolute atomic E-state index is 9.76. The second-order valence-electron chi connectivity index (χ2n) is 7.59. The average molecular weight is 463 g/mol. The van der Waals surface area contributed by atoms with Crippen molar-refractivity contribution in [3.05, 3.63) is 125 Å². The number of benzene rings is 1. The minimum Gasteiger partial charge on any atom is -0.256 e. The molecule has 3 heterocycles. The summed E-state index contributed by atoms with van der Waals surface area (Å²) in [7, 11) is 0. The van der Waals surface area contributed by atoms with Gasteiger partial charge >= 0.3 is 0 Å². The number of pyridine rings is 3. The molecule has 1 aromatic carbocycles. The van der Waals surface area contributed by atoms with Crippen LogP contribution in [-0.4, -0.2) is 15.0 Å². The highest BCUT2D eigenvalue weighted by Gasteiger charge is 2.08. The molecule has 0 fully saturated rings. The summed E-state index contributed by atoms with van der Waals surface area (Å²) in [5.41, 5.74) is 4.98. The van der Waals surface area contributed by atoms with Crippen molar-refractivity contribution in [1.82, 2.24) is 15.0 Å². The van der Waals surface area contributed by atoms with E-state index in [9.17, 15) is 15.8 Å². The van der Waals surface area contributed by atoms with Gasteiger partial charge in [0, 0.05) is 18.6 Å². The van der Waals surface area contributed by atoms with Crippen molar-refractivity contribution in [3.63, 3.8) is 0 Å². The molecule has 0 saturated heterocycles. The number of nitriles is 3. The molecule has 0 bridgehead atoms. The highest BCUT2D eigenvalue weighted by molar-refractivity contribution is 5.93. The van der Waals surface area contributed by atoms with Gasteiger partial charge in [-0.3, -0.25) is 15.0 Å². The molecule has 0 saturated carbocycles. The Bertz CT molecular complexity index is 1370.